The molecule has 1 aliphatic heterocycles. The first kappa shape index (κ1) is 10.1. The summed E-state index contributed by atoms with van der Waals surface area (Å²) in [4.78, 5) is 15.0. The molecule has 2 heterocycles. The Morgan fingerprint density at radius 1 is 1.73 bits per heavy atom. The number of aromatic nitrogens is 2. The molecule has 0 spiro atoms. The number of hydrogen-bond acceptors (Lipinski definition) is 6. The molecule has 2 rings (SSSR count). The molecule has 0 aliphatic carbocycles. The molecule has 0 aromatic carbocycles. The molecule has 82 valence electrons. The van der Waals surface area contributed by atoms with Gasteiger partial charge in [0, 0.05) is 13.6 Å². The lowest BCUT2D eigenvalue weighted by Crippen LogP contribution is -2.29. The largest absolute Gasteiger partial charge is 0.379 e. The minimum Gasteiger partial charge on any atom is -0.379 e. The monoisotopic (exact) mass is 212 g/mol. The van der Waals surface area contributed by atoms with Gasteiger partial charge in [0.2, 0.25) is 0 Å². The Hall–Kier alpha value is -1.47. The number of β-amino-alcohol motifs (C(OH)–C–C–N with tert-alkyl or cyclic N) is 1. The van der Waals surface area contributed by atoms with Crippen LogP contribution in [0.5, 0.6) is 0 Å². The lowest BCUT2D eigenvalue weighted by Gasteiger charge is -2.14. The van der Waals surface area contributed by atoms with Crippen LogP contribution in [0.25, 0.3) is 0 Å². The Morgan fingerprint density at radius 2 is 2.53 bits per heavy atom. The van der Waals surface area contributed by atoms with E-state index in [1.165, 1.54) is 7.05 Å². The molecule has 1 unspecified atom stereocenters. The summed E-state index contributed by atoms with van der Waals surface area (Å²) in [5.74, 6) is -0.404. The van der Waals surface area contributed by atoms with Crippen LogP contribution in [0, 0.1) is 0 Å². The van der Waals surface area contributed by atoms with Gasteiger partial charge in [-0.15, -0.1) is 0 Å². The van der Waals surface area contributed by atoms with Crippen molar-refractivity contribution in [3.8, 4) is 0 Å². The standard InChI is InChI=1S/C8H12N4O3/c1-9-6(13)5-11-7(15-12-5)8(14)2-3-10-4-8/h10,14H,2-4H2,1H3,(H,9,13). The summed E-state index contributed by atoms with van der Waals surface area (Å²) < 4.78 is 4.86. The highest BCUT2D eigenvalue weighted by molar-refractivity contribution is 5.89. The molecule has 1 amide bonds. The van der Waals surface area contributed by atoms with Crippen LogP contribution in [0.4, 0.5) is 0 Å². The van der Waals surface area contributed by atoms with Crippen molar-refractivity contribution in [2.75, 3.05) is 20.1 Å². The maximum Gasteiger partial charge on any atom is 0.292 e. The number of amides is 1. The van der Waals surface area contributed by atoms with Crippen LogP contribution < -0.4 is 10.6 Å². The second-order valence-electron chi connectivity index (χ2n) is 3.46. The number of aliphatic hydroxyl groups is 1. The summed E-state index contributed by atoms with van der Waals surface area (Å²) in [6.07, 6.45) is 0.502. The van der Waals surface area contributed by atoms with Crippen LogP contribution in [0.1, 0.15) is 22.9 Å². The van der Waals surface area contributed by atoms with Crippen molar-refractivity contribution < 1.29 is 14.4 Å². The van der Waals surface area contributed by atoms with E-state index in [1.807, 2.05) is 0 Å². The number of nitrogens with zero attached hydrogens (tertiary/aromatic N) is 2. The van der Waals surface area contributed by atoms with Gasteiger partial charge in [0.05, 0.1) is 0 Å². The number of hydrogen-bond donors (Lipinski definition) is 3. The number of rotatable bonds is 2. The minimum absolute atomic E-state index is 0.0622. The van der Waals surface area contributed by atoms with Crippen molar-refractivity contribution in [1.29, 1.82) is 0 Å². The van der Waals surface area contributed by atoms with Gasteiger partial charge < -0.3 is 20.3 Å². The van der Waals surface area contributed by atoms with Crippen LogP contribution in [0.15, 0.2) is 4.52 Å². The van der Waals surface area contributed by atoms with Crippen LogP contribution in [-0.4, -0.2) is 41.3 Å². The molecule has 0 radical (unpaired) electrons. The molecule has 1 aromatic rings. The zero-order chi connectivity index (χ0) is 10.9. The Morgan fingerprint density at radius 3 is 3.13 bits per heavy atom. The average Bonchev–Trinajstić information content (AvgIpc) is 2.85. The fraction of sp³-hybridized carbons (Fsp3) is 0.625. The molecule has 1 aromatic heterocycles. The maximum atomic E-state index is 11.2. The summed E-state index contributed by atoms with van der Waals surface area (Å²) in [5, 5.41) is 18.9. The zero-order valence-electron chi connectivity index (χ0n) is 8.28. The molecule has 7 heteroatoms. The summed E-state index contributed by atoms with van der Waals surface area (Å²) in [6, 6.07) is 0. The fourth-order valence-electron chi connectivity index (χ4n) is 1.48. The topological polar surface area (TPSA) is 100 Å². The first-order valence-corrected chi connectivity index (χ1v) is 4.65. The molecule has 1 aliphatic rings. The predicted octanol–water partition coefficient (Wildman–Crippen LogP) is -1.39. The quantitative estimate of drug-likeness (QED) is 0.558. The van der Waals surface area contributed by atoms with Crippen molar-refractivity contribution >= 4 is 5.91 Å². The predicted molar refractivity (Wildman–Crippen MR) is 49.1 cm³/mol. The van der Waals surface area contributed by atoms with Gasteiger partial charge in [-0.1, -0.05) is 5.16 Å². The third-order valence-corrected chi connectivity index (χ3v) is 2.39. The van der Waals surface area contributed by atoms with E-state index in [1.54, 1.807) is 0 Å². The van der Waals surface area contributed by atoms with E-state index in [9.17, 15) is 9.90 Å². The van der Waals surface area contributed by atoms with Crippen molar-refractivity contribution in [2.24, 2.45) is 0 Å². The first-order chi connectivity index (χ1) is 7.15. The summed E-state index contributed by atoms with van der Waals surface area (Å²) >= 11 is 0. The molecule has 1 fully saturated rings. The molecule has 7 nitrogen and oxygen atoms in total. The second kappa shape index (κ2) is 3.59. The van der Waals surface area contributed by atoms with Gasteiger partial charge in [0.1, 0.15) is 0 Å². The van der Waals surface area contributed by atoms with Gasteiger partial charge in [0.25, 0.3) is 17.6 Å². The number of carbonyl (C=O) groups excluding carboxylic acids is 1. The molecule has 15 heavy (non-hydrogen) atoms. The maximum absolute atomic E-state index is 11.2. The van der Waals surface area contributed by atoms with E-state index >= 15 is 0 Å². The van der Waals surface area contributed by atoms with Gasteiger partial charge in [0.15, 0.2) is 5.60 Å². The highest BCUT2D eigenvalue weighted by Gasteiger charge is 2.39. The van der Waals surface area contributed by atoms with Gasteiger partial charge in [-0.05, 0) is 13.0 Å². The minimum atomic E-state index is -1.14. The van der Waals surface area contributed by atoms with E-state index < -0.39 is 11.5 Å². The van der Waals surface area contributed by atoms with Crippen molar-refractivity contribution in [3.05, 3.63) is 11.7 Å². The van der Waals surface area contributed by atoms with E-state index in [-0.39, 0.29) is 11.7 Å². The average molecular weight is 212 g/mol. The van der Waals surface area contributed by atoms with Crippen LogP contribution in [-0.2, 0) is 5.60 Å². The van der Waals surface area contributed by atoms with Crippen molar-refractivity contribution in [1.82, 2.24) is 20.8 Å². The molecule has 1 saturated heterocycles. The second-order valence-corrected chi connectivity index (χ2v) is 3.46. The SMILES string of the molecule is CNC(=O)c1noc(C2(O)CCNC2)n1. The van der Waals surface area contributed by atoms with Gasteiger partial charge in [-0.3, -0.25) is 4.79 Å². The molecule has 0 bridgehead atoms. The van der Waals surface area contributed by atoms with Crippen molar-refractivity contribution in [2.45, 2.75) is 12.0 Å². The first-order valence-electron chi connectivity index (χ1n) is 4.65. The Kier molecular flexibility index (Phi) is 2.41. The zero-order valence-corrected chi connectivity index (χ0v) is 8.28. The highest BCUT2D eigenvalue weighted by atomic mass is 16.5. The lowest BCUT2D eigenvalue weighted by atomic mass is 10.0. The Labute approximate surface area is 85.9 Å². The highest BCUT2D eigenvalue weighted by Crippen LogP contribution is 2.25. The number of nitrogens with one attached hydrogen (secondary N) is 2. The summed E-state index contributed by atoms with van der Waals surface area (Å²) in [7, 11) is 1.48. The third-order valence-electron chi connectivity index (χ3n) is 2.39. The van der Waals surface area contributed by atoms with E-state index in [4.69, 9.17) is 4.52 Å². The summed E-state index contributed by atoms with van der Waals surface area (Å²) in [6.45, 7) is 1.05. The third kappa shape index (κ3) is 1.71. The van der Waals surface area contributed by atoms with Crippen LogP contribution in [0.2, 0.25) is 0 Å². The molecule has 1 atom stereocenters. The van der Waals surface area contributed by atoms with Crippen molar-refractivity contribution in [3.63, 3.8) is 0 Å². The fourth-order valence-corrected chi connectivity index (χ4v) is 1.48. The molecular formula is C8H12N4O3. The molecular weight excluding hydrogens is 200 g/mol. The van der Waals surface area contributed by atoms with Crippen LogP contribution >= 0.6 is 0 Å². The van der Waals surface area contributed by atoms with Gasteiger partial charge >= 0.3 is 0 Å². The smallest absolute Gasteiger partial charge is 0.292 e. The molecule has 3 N–H and O–H groups in total. The van der Waals surface area contributed by atoms with Crippen LogP contribution in [0.3, 0.4) is 0 Å². The normalized spacial score (nSPS) is 25.5. The van der Waals surface area contributed by atoms with E-state index in [0.29, 0.717) is 19.5 Å². The Balaban J connectivity index is 2.23. The van der Waals surface area contributed by atoms with E-state index in [2.05, 4.69) is 20.8 Å². The van der Waals surface area contributed by atoms with Gasteiger partial charge in [-0.2, -0.15) is 4.98 Å². The van der Waals surface area contributed by atoms with E-state index in [0.717, 1.165) is 0 Å². The summed E-state index contributed by atoms with van der Waals surface area (Å²) in [5.41, 5.74) is -1.14. The van der Waals surface area contributed by atoms with Gasteiger partial charge in [-0.25, -0.2) is 0 Å². The lowest BCUT2D eigenvalue weighted by molar-refractivity contribution is 0.0242. The Bertz CT molecular complexity index is 370. The number of carbonyl (C=O) groups is 1. The molecule has 0 saturated carbocycles.